The molecule has 98 valence electrons. The summed E-state index contributed by atoms with van der Waals surface area (Å²) in [6, 6.07) is 9.64. The highest BCUT2D eigenvalue weighted by atomic mass is 32.2. The smallest absolute Gasteiger partial charge is 0.277 e. The molecule has 0 amide bonds. The van der Waals surface area contributed by atoms with Gasteiger partial charge in [0.05, 0.1) is 5.25 Å². The van der Waals surface area contributed by atoms with Crippen LogP contribution < -0.4 is 0 Å². The number of thioether (sulfide) groups is 1. The minimum absolute atomic E-state index is 0.0159. The summed E-state index contributed by atoms with van der Waals surface area (Å²) >= 11 is 1.40. The lowest BCUT2D eigenvalue weighted by molar-refractivity contribution is -0.119. The minimum Gasteiger partial charge on any atom is -0.411 e. The summed E-state index contributed by atoms with van der Waals surface area (Å²) in [6.45, 7) is 0. The number of hydrogen-bond donors (Lipinski definition) is 0. The summed E-state index contributed by atoms with van der Waals surface area (Å²) in [4.78, 5) is 11.8. The fraction of sp³-hybridized carbons (Fsp3) is 0.357. The van der Waals surface area contributed by atoms with Crippen LogP contribution in [0.5, 0.6) is 0 Å². The van der Waals surface area contributed by atoms with Crippen molar-refractivity contribution < 1.29 is 9.21 Å². The minimum atomic E-state index is -0.0159. The highest BCUT2D eigenvalue weighted by molar-refractivity contribution is 8.00. The van der Waals surface area contributed by atoms with Gasteiger partial charge in [-0.2, -0.15) is 0 Å². The Kier molecular flexibility index (Phi) is 3.64. The molecule has 0 spiro atoms. The topological polar surface area (TPSA) is 56.0 Å². The van der Waals surface area contributed by atoms with Gasteiger partial charge >= 0.3 is 0 Å². The molecule has 1 heterocycles. The van der Waals surface area contributed by atoms with E-state index >= 15 is 0 Å². The zero-order valence-electron chi connectivity index (χ0n) is 10.4. The third-order valence-corrected chi connectivity index (χ3v) is 4.32. The molecule has 3 rings (SSSR count). The lowest BCUT2D eigenvalue weighted by Gasteiger charge is -2.17. The van der Waals surface area contributed by atoms with Crippen molar-refractivity contribution in [2.75, 3.05) is 0 Å². The molecule has 0 aliphatic heterocycles. The Morgan fingerprint density at radius 3 is 2.79 bits per heavy atom. The predicted molar refractivity (Wildman–Crippen MR) is 72.9 cm³/mol. The lowest BCUT2D eigenvalue weighted by atomic mass is 9.99. The maximum Gasteiger partial charge on any atom is 0.277 e. The van der Waals surface area contributed by atoms with Crippen LogP contribution in [-0.4, -0.2) is 21.2 Å². The van der Waals surface area contributed by atoms with E-state index in [1.165, 1.54) is 11.8 Å². The van der Waals surface area contributed by atoms with Gasteiger partial charge in [0.1, 0.15) is 5.78 Å². The average Bonchev–Trinajstić information content (AvgIpc) is 2.91. The molecule has 0 unspecified atom stereocenters. The average molecular weight is 274 g/mol. The number of aromatic nitrogens is 2. The van der Waals surface area contributed by atoms with Gasteiger partial charge in [-0.1, -0.05) is 36.4 Å². The van der Waals surface area contributed by atoms with E-state index in [9.17, 15) is 4.79 Å². The molecule has 1 aliphatic rings. The number of rotatable bonds is 3. The van der Waals surface area contributed by atoms with Gasteiger partial charge < -0.3 is 4.42 Å². The number of ketones is 1. The van der Waals surface area contributed by atoms with Gasteiger partial charge in [0.15, 0.2) is 0 Å². The molecule has 1 atom stereocenters. The Morgan fingerprint density at radius 1 is 1.16 bits per heavy atom. The first kappa shape index (κ1) is 12.4. The van der Waals surface area contributed by atoms with Crippen LogP contribution in [0.2, 0.25) is 0 Å². The number of carbonyl (C=O) groups excluding carboxylic acids is 1. The second-order valence-corrected chi connectivity index (χ2v) is 5.71. The van der Waals surface area contributed by atoms with Crippen LogP contribution in [-0.2, 0) is 4.79 Å². The summed E-state index contributed by atoms with van der Waals surface area (Å²) in [6.07, 6.45) is 3.70. The molecule has 2 aromatic rings. The van der Waals surface area contributed by atoms with Crippen molar-refractivity contribution in [1.29, 1.82) is 0 Å². The van der Waals surface area contributed by atoms with Crippen molar-refractivity contribution in [1.82, 2.24) is 10.2 Å². The van der Waals surface area contributed by atoms with Crippen molar-refractivity contribution in [3.8, 4) is 11.5 Å². The van der Waals surface area contributed by atoms with Crippen molar-refractivity contribution in [3.63, 3.8) is 0 Å². The van der Waals surface area contributed by atoms with Gasteiger partial charge in [0, 0.05) is 12.0 Å². The number of carbonyl (C=O) groups is 1. The molecule has 4 nitrogen and oxygen atoms in total. The van der Waals surface area contributed by atoms with E-state index in [1.54, 1.807) is 0 Å². The summed E-state index contributed by atoms with van der Waals surface area (Å²) in [5.74, 6) is 0.807. The van der Waals surface area contributed by atoms with E-state index in [-0.39, 0.29) is 5.25 Å². The molecule has 0 saturated heterocycles. The van der Waals surface area contributed by atoms with Crippen LogP contribution in [0.4, 0.5) is 0 Å². The molecule has 1 aromatic heterocycles. The maximum atomic E-state index is 11.8. The largest absolute Gasteiger partial charge is 0.411 e. The van der Waals surface area contributed by atoms with Gasteiger partial charge in [-0.25, -0.2) is 0 Å². The third kappa shape index (κ3) is 2.87. The quantitative estimate of drug-likeness (QED) is 0.859. The van der Waals surface area contributed by atoms with Crippen LogP contribution in [0.3, 0.4) is 0 Å². The van der Waals surface area contributed by atoms with Gasteiger partial charge in [-0.3, -0.25) is 4.79 Å². The Morgan fingerprint density at radius 2 is 2.00 bits per heavy atom. The van der Waals surface area contributed by atoms with Gasteiger partial charge in [0.2, 0.25) is 5.89 Å². The van der Waals surface area contributed by atoms with E-state index in [4.69, 9.17) is 4.42 Å². The first-order valence-electron chi connectivity index (χ1n) is 6.41. The number of Topliss-reactive ketones (excluding diaryl/α,β-unsaturated/α-hetero) is 1. The van der Waals surface area contributed by atoms with Crippen LogP contribution in [0.1, 0.15) is 25.7 Å². The molecule has 5 heteroatoms. The standard InChI is InChI=1S/C14H14N2O2S/c17-11-8-4-5-9-12(11)19-14-16-15-13(18-14)10-6-2-1-3-7-10/h1-3,6-7,12H,4-5,8-9H2/t12-/m1/s1. The van der Waals surface area contributed by atoms with E-state index < -0.39 is 0 Å². The third-order valence-electron chi connectivity index (χ3n) is 3.17. The maximum absolute atomic E-state index is 11.8. The lowest BCUT2D eigenvalue weighted by Crippen LogP contribution is -2.21. The van der Waals surface area contributed by atoms with Crippen LogP contribution in [0.15, 0.2) is 40.0 Å². The molecule has 0 N–H and O–H groups in total. The monoisotopic (exact) mass is 274 g/mol. The second kappa shape index (κ2) is 5.57. The molecule has 19 heavy (non-hydrogen) atoms. The molecular formula is C14H14N2O2S. The van der Waals surface area contributed by atoms with Crippen molar-refractivity contribution in [2.24, 2.45) is 0 Å². The van der Waals surface area contributed by atoms with Gasteiger partial charge in [-0.05, 0) is 25.0 Å². The first-order valence-corrected chi connectivity index (χ1v) is 7.29. The Balaban J connectivity index is 1.73. The highest BCUT2D eigenvalue weighted by Gasteiger charge is 2.25. The van der Waals surface area contributed by atoms with E-state index in [2.05, 4.69) is 10.2 Å². The Bertz CT molecular complexity index is 568. The summed E-state index contributed by atoms with van der Waals surface area (Å²) in [5, 5.41) is 8.51. The SMILES string of the molecule is O=C1CCCC[C@H]1Sc1nnc(-c2ccccc2)o1. The molecule has 0 bridgehead atoms. The van der Waals surface area contributed by atoms with Crippen molar-refractivity contribution in [2.45, 2.75) is 36.2 Å². The fourth-order valence-corrected chi connectivity index (χ4v) is 3.14. The highest BCUT2D eigenvalue weighted by Crippen LogP contribution is 2.32. The normalized spacial score (nSPS) is 19.6. The number of hydrogen-bond acceptors (Lipinski definition) is 5. The van der Waals surface area contributed by atoms with Crippen molar-refractivity contribution in [3.05, 3.63) is 30.3 Å². The predicted octanol–water partition coefficient (Wildman–Crippen LogP) is 3.34. The summed E-state index contributed by atoms with van der Waals surface area (Å²) in [5.41, 5.74) is 0.900. The van der Waals surface area contributed by atoms with Crippen molar-refractivity contribution >= 4 is 17.5 Å². The Labute approximate surface area is 115 Å². The van der Waals surface area contributed by atoms with Crippen LogP contribution in [0.25, 0.3) is 11.5 Å². The summed E-state index contributed by atoms with van der Waals surface area (Å²) in [7, 11) is 0. The molecule has 1 aliphatic carbocycles. The molecule has 1 fully saturated rings. The van der Waals surface area contributed by atoms with Gasteiger partial charge in [0.25, 0.3) is 5.22 Å². The molecule has 1 aromatic carbocycles. The second-order valence-electron chi connectivity index (χ2n) is 4.56. The number of benzene rings is 1. The fourth-order valence-electron chi connectivity index (χ4n) is 2.15. The zero-order chi connectivity index (χ0) is 13.1. The summed E-state index contributed by atoms with van der Waals surface area (Å²) < 4.78 is 5.61. The number of nitrogens with zero attached hydrogens (tertiary/aromatic N) is 2. The van der Waals surface area contributed by atoms with E-state index in [0.717, 1.165) is 24.8 Å². The zero-order valence-corrected chi connectivity index (χ0v) is 11.2. The van der Waals surface area contributed by atoms with Gasteiger partial charge in [-0.15, -0.1) is 10.2 Å². The first-order chi connectivity index (χ1) is 9.33. The molecular weight excluding hydrogens is 260 g/mol. The van der Waals surface area contributed by atoms with E-state index in [0.29, 0.717) is 23.3 Å². The van der Waals surface area contributed by atoms with Crippen LogP contribution in [0, 0.1) is 0 Å². The molecule has 1 saturated carbocycles. The van der Waals surface area contributed by atoms with E-state index in [1.807, 2.05) is 30.3 Å². The van der Waals surface area contributed by atoms with Crippen LogP contribution >= 0.6 is 11.8 Å². The Hall–Kier alpha value is -1.62. The molecule has 0 radical (unpaired) electrons.